The molecule has 168 valence electrons. The highest BCUT2D eigenvalue weighted by Gasteiger charge is 2.24. The number of alkyl carbamates (subject to hydrolysis) is 1. The molecule has 0 saturated carbocycles. The number of rotatable bonds is 10. The molecular formula is C22H27NO5S3. The fourth-order valence-electron chi connectivity index (χ4n) is 2.48. The molecule has 2 aromatic carbocycles. The maximum absolute atomic E-state index is 12.5. The van der Waals surface area contributed by atoms with Crippen LogP contribution in [0.3, 0.4) is 0 Å². The molecule has 9 heteroatoms. The average Bonchev–Trinajstić information content (AvgIpc) is 2.66. The third kappa shape index (κ3) is 10.3. The quantitative estimate of drug-likeness (QED) is 0.469. The van der Waals surface area contributed by atoms with Crippen molar-refractivity contribution in [2.45, 2.75) is 48.8 Å². The molecule has 0 saturated heterocycles. The number of hydrogen-bond donors (Lipinski definition) is 2. The molecule has 2 atom stereocenters. The van der Waals surface area contributed by atoms with Crippen LogP contribution >= 0.6 is 21.6 Å². The summed E-state index contributed by atoms with van der Waals surface area (Å²) in [5.41, 5.74) is 1.30. The lowest BCUT2D eigenvalue weighted by Crippen LogP contribution is -2.44. The zero-order chi connectivity index (χ0) is 22.9. The van der Waals surface area contributed by atoms with Gasteiger partial charge in [-0.25, -0.2) is 9.59 Å². The van der Waals surface area contributed by atoms with Gasteiger partial charge in [-0.2, -0.15) is 0 Å². The number of carboxylic acid groups (broad SMARTS) is 1. The maximum Gasteiger partial charge on any atom is 0.408 e. The van der Waals surface area contributed by atoms with Crippen molar-refractivity contribution in [3.63, 3.8) is 0 Å². The topological polar surface area (TPSA) is 92.7 Å². The van der Waals surface area contributed by atoms with Crippen LogP contribution in [0.25, 0.3) is 0 Å². The van der Waals surface area contributed by atoms with Crippen LogP contribution in [0.4, 0.5) is 4.79 Å². The molecule has 31 heavy (non-hydrogen) atoms. The normalized spacial score (nSPS) is 13.3. The molecule has 0 fully saturated rings. The van der Waals surface area contributed by atoms with Gasteiger partial charge in [0.05, 0.1) is 0 Å². The summed E-state index contributed by atoms with van der Waals surface area (Å²) in [6, 6.07) is 16.4. The van der Waals surface area contributed by atoms with E-state index in [1.165, 1.54) is 21.6 Å². The predicted molar refractivity (Wildman–Crippen MR) is 128 cm³/mol. The number of carboxylic acids is 1. The number of amides is 1. The Morgan fingerprint density at radius 1 is 1.06 bits per heavy atom. The molecule has 0 radical (unpaired) electrons. The Morgan fingerprint density at radius 3 is 2.35 bits per heavy atom. The van der Waals surface area contributed by atoms with Crippen molar-refractivity contribution < 1.29 is 23.6 Å². The summed E-state index contributed by atoms with van der Waals surface area (Å²) in [5.74, 6) is 0.00264. The Balaban J connectivity index is 1.85. The van der Waals surface area contributed by atoms with Crippen LogP contribution in [-0.2, 0) is 31.8 Å². The van der Waals surface area contributed by atoms with Gasteiger partial charge in [-0.05, 0) is 44.0 Å². The molecule has 0 spiro atoms. The largest absolute Gasteiger partial charge is 0.480 e. The van der Waals surface area contributed by atoms with E-state index in [4.69, 9.17) is 4.74 Å². The molecule has 1 amide bonds. The predicted octanol–water partition coefficient (Wildman–Crippen LogP) is 4.85. The average molecular weight is 482 g/mol. The van der Waals surface area contributed by atoms with Crippen molar-refractivity contribution in [2.75, 3.05) is 5.75 Å². The van der Waals surface area contributed by atoms with E-state index in [2.05, 4.69) is 5.32 Å². The maximum atomic E-state index is 12.5. The molecule has 0 heterocycles. The fourth-order valence-corrected chi connectivity index (χ4v) is 5.93. The second kappa shape index (κ2) is 12.2. The van der Waals surface area contributed by atoms with Gasteiger partial charge in [-0.15, -0.1) is 0 Å². The Bertz CT molecular complexity index is 900. The summed E-state index contributed by atoms with van der Waals surface area (Å²) in [6.07, 6.45) is -0.756. The van der Waals surface area contributed by atoms with Gasteiger partial charge in [0, 0.05) is 33.0 Å². The zero-order valence-corrected chi connectivity index (χ0v) is 20.1. The molecule has 0 aliphatic heterocycles. The van der Waals surface area contributed by atoms with Gasteiger partial charge in [0.25, 0.3) is 0 Å². The van der Waals surface area contributed by atoms with Crippen molar-refractivity contribution in [1.29, 1.82) is 0 Å². The van der Waals surface area contributed by atoms with Crippen LogP contribution in [0.1, 0.15) is 31.9 Å². The number of aliphatic carboxylic acids is 1. The Hall–Kier alpha value is -1.97. The highest BCUT2D eigenvalue weighted by molar-refractivity contribution is 8.76. The van der Waals surface area contributed by atoms with E-state index in [0.717, 1.165) is 16.0 Å². The number of ether oxygens (including phenoxy) is 1. The molecule has 0 aliphatic carbocycles. The van der Waals surface area contributed by atoms with Gasteiger partial charge >= 0.3 is 12.1 Å². The minimum Gasteiger partial charge on any atom is -0.480 e. The van der Waals surface area contributed by atoms with Crippen molar-refractivity contribution in [1.82, 2.24) is 5.32 Å². The van der Waals surface area contributed by atoms with E-state index < -0.39 is 34.5 Å². The summed E-state index contributed by atoms with van der Waals surface area (Å²) in [6.45, 7) is 5.15. The molecule has 0 aromatic heterocycles. The van der Waals surface area contributed by atoms with Crippen LogP contribution in [0, 0.1) is 0 Å². The van der Waals surface area contributed by atoms with Crippen molar-refractivity contribution in [3.8, 4) is 0 Å². The summed E-state index contributed by atoms with van der Waals surface area (Å²) < 4.78 is 17.6. The van der Waals surface area contributed by atoms with Crippen molar-refractivity contribution >= 4 is 44.4 Å². The summed E-state index contributed by atoms with van der Waals surface area (Å²) in [7, 11) is 1.72. The van der Waals surface area contributed by atoms with E-state index in [1.807, 2.05) is 54.6 Å². The summed E-state index contributed by atoms with van der Waals surface area (Å²) >= 11 is 0. The molecule has 2 rings (SSSR count). The standard InChI is InChI=1S/C22H27NO5S3/c1-22(2,3)28-21(26)23-19(20(24)25)13-29-30-18-11-7-10-17(12-18)15-31(27)14-16-8-5-4-6-9-16/h4-12,19H,13-15H2,1-3H3,(H,23,26)(H,24,25)/t19-,31?/m0/s1. The van der Waals surface area contributed by atoms with Crippen LogP contribution in [0.15, 0.2) is 59.5 Å². The zero-order valence-electron chi connectivity index (χ0n) is 17.7. The molecule has 2 N–H and O–H groups in total. The highest BCUT2D eigenvalue weighted by atomic mass is 33.1. The Kier molecular flexibility index (Phi) is 9.93. The molecule has 6 nitrogen and oxygen atoms in total. The fraction of sp³-hybridized carbons (Fsp3) is 0.364. The van der Waals surface area contributed by atoms with Gasteiger partial charge < -0.3 is 15.2 Å². The molecule has 1 unspecified atom stereocenters. The van der Waals surface area contributed by atoms with Crippen molar-refractivity contribution in [3.05, 3.63) is 65.7 Å². The number of benzene rings is 2. The highest BCUT2D eigenvalue weighted by Crippen LogP contribution is 2.32. The van der Waals surface area contributed by atoms with E-state index in [-0.39, 0.29) is 5.75 Å². The number of nitrogens with one attached hydrogen (secondary N) is 1. The van der Waals surface area contributed by atoms with Gasteiger partial charge in [-0.1, -0.05) is 64.1 Å². The van der Waals surface area contributed by atoms with E-state index in [1.54, 1.807) is 20.8 Å². The van der Waals surface area contributed by atoms with Crippen LogP contribution < -0.4 is 5.32 Å². The van der Waals surface area contributed by atoms with E-state index >= 15 is 0 Å². The molecular weight excluding hydrogens is 454 g/mol. The first-order valence-corrected chi connectivity index (χ1v) is 13.4. The third-order valence-corrected chi connectivity index (χ3v) is 7.46. The van der Waals surface area contributed by atoms with Gasteiger partial charge in [0.2, 0.25) is 0 Å². The van der Waals surface area contributed by atoms with Gasteiger partial charge in [0.15, 0.2) is 0 Å². The van der Waals surface area contributed by atoms with Crippen LogP contribution in [-0.4, -0.2) is 38.8 Å². The smallest absolute Gasteiger partial charge is 0.408 e. The number of carbonyl (C=O) groups excluding carboxylic acids is 1. The van der Waals surface area contributed by atoms with E-state index in [0.29, 0.717) is 11.5 Å². The summed E-state index contributed by atoms with van der Waals surface area (Å²) in [4.78, 5) is 24.2. The second-order valence-corrected chi connectivity index (χ2v) is 11.6. The monoisotopic (exact) mass is 481 g/mol. The van der Waals surface area contributed by atoms with Crippen LogP contribution in [0.2, 0.25) is 0 Å². The van der Waals surface area contributed by atoms with Crippen molar-refractivity contribution in [2.24, 2.45) is 0 Å². The number of hydrogen-bond acceptors (Lipinski definition) is 6. The van der Waals surface area contributed by atoms with Gasteiger partial charge in [0.1, 0.15) is 11.6 Å². The lowest BCUT2D eigenvalue weighted by molar-refractivity contribution is -0.138. The molecule has 0 aliphatic rings. The van der Waals surface area contributed by atoms with Crippen LogP contribution in [0.5, 0.6) is 0 Å². The SMILES string of the molecule is CC(C)(C)OC(=O)N[C@@H](CSSc1cccc(CS(=O)Cc2ccccc2)c1)C(=O)O. The molecule has 0 bridgehead atoms. The first kappa shape index (κ1) is 25.3. The van der Waals surface area contributed by atoms with Gasteiger partial charge in [-0.3, -0.25) is 4.21 Å². The minimum atomic E-state index is -1.12. The lowest BCUT2D eigenvalue weighted by Gasteiger charge is -2.21. The summed E-state index contributed by atoms with van der Waals surface area (Å²) in [5, 5.41) is 11.7. The first-order chi connectivity index (χ1) is 14.6. The third-order valence-electron chi connectivity index (χ3n) is 3.78. The number of carbonyl (C=O) groups is 2. The lowest BCUT2D eigenvalue weighted by atomic mass is 10.2. The minimum absolute atomic E-state index is 0.170. The molecule has 2 aromatic rings. The second-order valence-electron chi connectivity index (χ2n) is 7.77. The first-order valence-electron chi connectivity index (χ1n) is 9.62. The Labute approximate surface area is 193 Å². The van der Waals surface area contributed by atoms with E-state index in [9.17, 15) is 18.9 Å². The Morgan fingerprint density at radius 2 is 1.71 bits per heavy atom.